The van der Waals surface area contributed by atoms with Gasteiger partial charge in [0.05, 0.1) is 0 Å². The zero-order valence-electron chi connectivity index (χ0n) is 9.15. The molecule has 2 atom stereocenters. The van der Waals surface area contributed by atoms with Crippen LogP contribution in [0.15, 0.2) is 23.3 Å². The summed E-state index contributed by atoms with van der Waals surface area (Å²) in [6.45, 7) is 12.2. The standard InChI is InChI=1S/C12H20O/c1-8(2)12(13)7-6-9(3)10(4)11(12)5/h9,13H,1,6-7H2,2-5H3/t9-,12+/m0/s1. The Morgan fingerprint density at radius 2 is 2.08 bits per heavy atom. The molecular weight excluding hydrogens is 160 g/mol. The Morgan fingerprint density at radius 1 is 1.54 bits per heavy atom. The maximum Gasteiger partial charge on any atom is 0.106 e. The van der Waals surface area contributed by atoms with Crippen LogP contribution in [0, 0.1) is 5.92 Å². The highest BCUT2D eigenvalue weighted by Gasteiger charge is 2.35. The van der Waals surface area contributed by atoms with E-state index in [2.05, 4.69) is 20.4 Å². The molecule has 0 amide bonds. The van der Waals surface area contributed by atoms with Crippen molar-refractivity contribution in [1.82, 2.24) is 0 Å². The van der Waals surface area contributed by atoms with Crippen LogP contribution in [0.4, 0.5) is 0 Å². The fourth-order valence-corrected chi connectivity index (χ4v) is 2.06. The van der Waals surface area contributed by atoms with Crippen molar-refractivity contribution < 1.29 is 5.11 Å². The molecular formula is C12H20O. The van der Waals surface area contributed by atoms with Gasteiger partial charge in [-0.3, -0.25) is 0 Å². The Morgan fingerprint density at radius 3 is 2.54 bits per heavy atom. The molecule has 0 unspecified atom stereocenters. The van der Waals surface area contributed by atoms with E-state index in [0.29, 0.717) is 5.92 Å². The first-order valence-corrected chi connectivity index (χ1v) is 4.95. The SMILES string of the molecule is C=C(C)[C@]1(O)CC[C@H](C)C(C)=C1C. The van der Waals surface area contributed by atoms with Gasteiger partial charge in [-0.1, -0.05) is 19.1 Å². The molecule has 0 aromatic carbocycles. The summed E-state index contributed by atoms with van der Waals surface area (Å²) in [5.41, 5.74) is 2.59. The van der Waals surface area contributed by atoms with E-state index in [-0.39, 0.29) is 0 Å². The van der Waals surface area contributed by atoms with Crippen LogP contribution in [0.3, 0.4) is 0 Å². The fourth-order valence-electron chi connectivity index (χ4n) is 2.06. The van der Waals surface area contributed by atoms with E-state index in [9.17, 15) is 5.11 Å². The zero-order valence-corrected chi connectivity index (χ0v) is 9.15. The lowest BCUT2D eigenvalue weighted by Crippen LogP contribution is -2.36. The molecule has 0 heterocycles. The second-order valence-electron chi connectivity index (χ2n) is 4.39. The summed E-state index contributed by atoms with van der Waals surface area (Å²) in [5, 5.41) is 10.3. The van der Waals surface area contributed by atoms with Crippen molar-refractivity contribution >= 4 is 0 Å². The van der Waals surface area contributed by atoms with Gasteiger partial charge in [0.15, 0.2) is 0 Å². The van der Waals surface area contributed by atoms with Gasteiger partial charge in [-0.2, -0.15) is 0 Å². The van der Waals surface area contributed by atoms with E-state index in [1.165, 1.54) is 5.57 Å². The van der Waals surface area contributed by atoms with Crippen molar-refractivity contribution in [2.45, 2.75) is 46.1 Å². The quantitative estimate of drug-likeness (QED) is 0.615. The first-order chi connectivity index (χ1) is 5.89. The van der Waals surface area contributed by atoms with Crippen molar-refractivity contribution in [1.29, 1.82) is 0 Å². The monoisotopic (exact) mass is 180 g/mol. The molecule has 0 fully saturated rings. The van der Waals surface area contributed by atoms with Crippen molar-refractivity contribution in [3.8, 4) is 0 Å². The molecule has 1 heteroatoms. The Balaban J connectivity index is 3.12. The first kappa shape index (κ1) is 10.5. The molecule has 0 bridgehead atoms. The summed E-state index contributed by atoms with van der Waals surface area (Å²) < 4.78 is 0. The lowest BCUT2D eigenvalue weighted by molar-refractivity contribution is 0.0906. The van der Waals surface area contributed by atoms with Crippen LogP contribution in [-0.4, -0.2) is 10.7 Å². The Labute approximate surface area is 81.2 Å². The third kappa shape index (κ3) is 1.58. The molecule has 13 heavy (non-hydrogen) atoms. The number of hydrogen-bond donors (Lipinski definition) is 1. The minimum atomic E-state index is -0.726. The summed E-state index contributed by atoms with van der Waals surface area (Å²) in [6.07, 6.45) is 1.89. The van der Waals surface area contributed by atoms with Crippen molar-refractivity contribution in [3.63, 3.8) is 0 Å². The van der Waals surface area contributed by atoms with Gasteiger partial charge < -0.3 is 5.11 Å². The normalized spacial score (nSPS) is 35.0. The number of hydrogen-bond acceptors (Lipinski definition) is 1. The maximum atomic E-state index is 10.3. The first-order valence-electron chi connectivity index (χ1n) is 4.95. The van der Waals surface area contributed by atoms with E-state index in [1.54, 1.807) is 0 Å². The summed E-state index contributed by atoms with van der Waals surface area (Å²) in [6, 6.07) is 0. The van der Waals surface area contributed by atoms with Crippen LogP contribution in [0.2, 0.25) is 0 Å². The van der Waals surface area contributed by atoms with E-state index >= 15 is 0 Å². The highest BCUT2D eigenvalue weighted by molar-refractivity contribution is 5.34. The molecule has 74 valence electrons. The van der Waals surface area contributed by atoms with Gasteiger partial charge in [0.1, 0.15) is 5.60 Å². The Bertz CT molecular complexity index is 262. The number of rotatable bonds is 1. The van der Waals surface area contributed by atoms with Crippen LogP contribution in [0.5, 0.6) is 0 Å². The van der Waals surface area contributed by atoms with E-state index in [4.69, 9.17) is 0 Å². The Kier molecular flexibility index (Phi) is 2.67. The molecule has 0 aliphatic heterocycles. The predicted molar refractivity (Wildman–Crippen MR) is 56.5 cm³/mol. The highest BCUT2D eigenvalue weighted by Crippen LogP contribution is 2.40. The van der Waals surface area contributed by atoms with Gasteiger partial charge in [-0.15, -0.1) is 0 Å². The molecule has 0 spiro atoms. The van der Waals surface area contributed by atoms with Crippen LogP contribution >= 0.6 is 0 Å². The van der Waals surface area contributed by atoms with Gasteiger partial charge in [-0.25, -0.2) is 0 Å². The topological polar surface area (TPSA) is 20.2 Å². The minimum absolute atomic E-state index is 0.611. The fraction of sp³-hybridized carbons (Fsp3) is 0.667. The van der Waals surface area contributed by atoms with E-state index in [1.807, 2.05) is 13.8 Å². The molecule has 1 aliphatic carbocycles. The van der Waals surface area contributed by atoms with Crippen LogP contribution < -0.4 is 0 Å². The molecule has 1 aliphatic rings. The predicted octanol–water partition coefficient (Wildman–Crippen LogP) is 3.06. The number of allylic oxidation sites excluding steroid dienone is 1. The van der Waals surface area contributed by atoms with Crippen LogP contribution in [0.25, 0.3) is 0 Å². The van der Waals surface area contributed by atoms with E-state index < -0.39 is 5.60 Å². The second-order valence-corrected chi connectivity index (χ2v) is 4.39. The molecule has 1 nitrogen and oxygen atoms in total. The summed E-state index contributed by atoms with van der Waals surface area (Å²) >= 11 is 0. The van der Waals surface area contributed by atoms with Crippen molar-refractivity contribution in [2.24, 2.45) is 5.92 Å². The van der Waals surface area contributed by atoms with Gasteiger partial charge >= 0.3 is 0 Å². The molecule has 0 aromatic heterocycles. The lowest BCUT2D eigenvalue weighted by Gasteiger charge is -2.37. The summed E-state index contributed by atoms with van der Waals surface area (Å²) in [7, 11) is 0. The Hall–Kier alpha value is -0.560. The van der Waals surface area contributed by atoms with Crippen molar-refractivity contribution in [3.05, 3.63) is 23.3 Å². The smallest absolute Gasteiger partial charge is 0.106 e. The average molecular weight is 180 g/mol. The second kappa shape index (κ2) is 3.30. The third-order valence-electron chi connectivity index (χ3n) is 3.60. The molecule has 0 aromatic rings. The molecule has 1 rings (SSSR count). The number of aliphatic hydroxyl groups is 1. The molecule has 0 saturated heterocycles. The minimum Gasteiger partial charge on any atom is -0.381 e. The van der Waals surface area contributed by atoms with Gasteiger partial charge in [0.25, 0.3) is 0 Å². The van der Waals surface area contributed by atoms with Gasteiger partial charge in [-0.05, 0) is 50.7 Å². The van der Waals surface area contributed by atoms with Gasteiger partial charge in [0, 0.05) is 0 Å². The molecule has 1 N–H and O–H groups in total. The third-order valence-corrected chi connectivity index (χ3v) is 3.60. The van der Waals surface area contributed by atoms with Gasteiger partial charge in [0.2, 0.25) is 0 Å². The maximum absolute atomic E-state index is 10.3. The van der Waals surface area contributed by atoms with Crippen molar-refractivity contribution in [2.75, 3.05) is 0 Å². The summed E-state index contributed by atoms with van der Waals surface area (Å²) in [4.78, 5) is 0. The molecule has 0 radical (unpaired) electrons. The lowest BCUT2D eigenvalue weighted by atomic mass is 9.73. The van der Waals surface area contributed by atoms with E-state index in [0.717, 1.165) is 24.0 Å². The average Bonchev–Trinajstić information content (AvgIpc) is 2.08. The van der Waals surface area contributed by atoms with Crippen LogP contribution in [-0.2, 0) is 0 Å². The molecule has 0 saturated carbocycles. The largest absolute Gasteiger partial charge is 0.381 e. The summed E-state index contributed by atoms with van der Waals surface area (Å²) in [5.74, 6) is 0.611. The highest BCUT2D eigenvalue weighted by atomic mass is 16.3. The van der Waals surface area contributed by atoms with Crippen LogP contribution in [0.1, 0.15) is 40.5 Å². The zero-order chi connectivity index (χ0) is 10.2.